The first-order valence-corrected chi connectivity index (χ1v) is 10.8. The summed E-state index contributed by atoms with van der Waals surface area (Å²) in [7, 11) is 1.55. The summed E-state index contributed by atoms with van der Waals surface area (Å²) in [6.07, 6.45) is 0.219. The van der Waals surface area contributed by atoms with Crippen LogP contribution in [0.3, 0.4) is 0 Å². The number of amides is 2. The number of carbonyl (C=O) groups is 2. The fourth-order valence-corrected chi connectivity index (χ4v) is 3.18. The second-order valence-electron chi connectivity index (χ2n) is 8.65. The van der Waals surface area contributed by atoms with Crippen molar-refractivity contribution >= 4 is 23.2 Å². The van der Waals surface area contributed by atoms with Gasteiger partial charge in [0.15, 0.2) is 0 Å². The maximum atomic E-state index is 12.5. The highest BCUT2D eigenvalue weighted by Gasteiger charge is 2.13. The predicted molar refractivity (Wildman–Crippen MR) is 131 cm³/mol. The number of anilines is 2. The lowest BCUT2D eigenvalue weighted by molar-refractivity contribution is -0.116. The van der Waals surface area contributed by atoms with Crippen molar-refractivity contribution in [2.24, 2.45) is 0 Å². The first-order chi connectivity index (χ1) is 15.8. The van der Waals surface area contributed by atoms with E-state index in [2.05, 4.69) is 31.4 Å². The highest BCUT2D eigenvalue weighted by molar-refractivity contribution is 6.05. The molecule has 2 N–H and O–H groups in total. The minimum absolute atomic E-state index is 0.0864. The Labute approximate surface area is 194 Å². The van der Waals surface area contributed by atoms with Crippen LogP contribution < -0.4 is 20.1 Å². The molecule has 0 aliphatic rings. The standard InChI is InChI=1S/C27H30N2O4/c1-27(2,3)20-11-15-22(16-12-20)33-18-17-25(30)28-21-13-9-19(10-14-21)26(31)29-23-7-5-6-8-24(23)32-4/h5-16H,17-18H2,1-4H3,(H,28,30)(H,29,31). The topological polar surface area (TPSA) is 76.7 Å². The lowest BCUT2D eigenvalue weighted by Gasteiger charge is -2.19. The van der Waals surface area contributed by atoms with Crippen LogP contribution in [-0.2, 0) is 10.2 Å². The third-order valence-corrected chi connectivity index (χ3v) is 5.10. The van der Waals surface area contributed by atoms with E-state index in [4.69, 9.17) is 9.47 Å². The molecule has 0 unspecified atom stereocenters. The van der Waals surface area contributed by atoms with Crippen LogP contribution in [-0.4, -0.2) is 25.5 Å². The molecule has 0 radical (unpaired) electrons. The van der Waals surface area contributed by atoms with Gasteiger partial charge in [-0.1, -0.05) is 45.0 Å². The third kappa shape index (κ3) is 6.84. The second kappa shape index (κ2) is 10.7. The van der Waals surface area contributed by atoms with E-state index in [1.807, 2.05) is 36.4 Å². The van der Waals surface area contributed by atoms with E-state index in [1.54, 1.807) is 43.5 Å². The largest absolute Gasteiger partial charge is 0.495 e. The Hall–Kier alpha value is -3.80. The number of para-hydroxylation sites is 2. The van der Waals surface area contributed by atoms with E-state index in [9.17, 15) is 9.59 Å². The molecule has 3 rings (SSSR count). The summed E-state index contributed by atoms with van der Waals surface area (Å²) < 4.78 is 10.9. The summed E-state index contributed by atoms with van der Waals surface area (Å²) in [6.45, 7) is 6.76. The predicted octanol–water partition coefficient (Wildman–Crippen LogP) is 5.65. The Morgan fingerprint density at radius 3 is 2.15 bits per heavy atom. The molecule has 0 atom stereocenters. The Balaban J connectivity index is 1.47. The van der Waals surface area contributed by atoms with E-state index < -0.39 is 0 Å². The molecule has 0 aliphatic carbocycles. The molecular weight excluding hydrogens is 416 g/mol. The van der Waals surface area contributed by atoms with Crippen LogP contribution in [0.15, 0.2) is 72.8 Å². The van der Waals surface area contributed by atoms with Crippen LogP contribution >= 0.6 is 0 Å². The highest BCUT2D eigenvalue weighted by Crippen LogP contribution is 2.25. The average molecular weight is 447 g/mol. The van der Waals surface area contributed by atoms with Gasteiger partial charge in [0.25, 0.3) is 5.91 Å². The summed E-state index contributed by atoms with van der Waals surface area (Å²) in [5.41, 5.74) is 3.00. The van der Waals surface area contributed by atoms with Crippen LogP contribution in [0.1, 0.15) is 43.1 Å². The number of benzene rings is 3. The molecule has 0 bridgehead atoms. The average Bonchev–Trinajstić information content (AvgIpc) is 2.79. The van der Waals surface area contributed by atoms with Crippen LogP contribution in [0.5, 0.6) is 11.5 Å². The minimum Gasteiger partial charge on any atom is -0.495 e. The summed E-state index contributed by atoms with van der Waals surface area (Å²) in [5.74, 6) is 0.902. The van der Waals surface area contributed by atoms with Gasteiger partial charge < -0.3 is 20.1 Å². The number of rotatable bonds is 8. The Morgan fingerprint density at radius 2 is 1.52 bits per heavy atom. The van der Waals surface area contributed by atoms with Gasteiger partial charge in [-0.25, -0.2) is 0 Å². The van der Waals surface area contributed by atoms with Crippen molar-refractivity contribution in [3.63, 3.8) is 0 Å². The number of ether oxygens (including phenoxy) is 2. The Kier molecular flexibility index (Phi) is 7.72. The van der Waals surface area contributed by atoms with Gasteiger partial charge in [0.1, 0.15) is 11.5 Å². The van der Waals surface area contributed by atoms with Gasteiger partial charge in [0, 0.05) is 11.3 Å². The van der Waals surface area contributed by atoms with Crippen LogP contribution in [0, 0.1) is 0 Å². The number of hydrogen-bond donors (Lipinski definition) is 2. The van der Waals surface area contributed by atoms with Crippen LogP contribution in [0.2, 0.25) is 0 Å². The van der Waals surface area contributed by atoms with Crippen LogP contribution in [0.25, 0.3) is 0 Å². The lowest BCUT2D eigenvalue weighted by Crippen LogP contribution is -2.16. The van der Waals surface area contributed by atoms with E-state index >= 15 is 0 Å². The quantitative estimate of drug-likeness (QED) is 0.469. The molecule has 3 aromatic rings. The van der Waals surface area contributed by atoms with Crippen molar-refractivity contribution in [1.82, 2.24) is 0 Å². The van der Waals surface area contributed by atoms with Crippen molar-refractivity contribution in [3.05, 3.63) is 83.9 Å². The Morgan fingerprint density at radius 1 is 0.848 bits per heavy atom. The summed E-state index contributed by atoms with van der Waals surface area (Å²) in [5, 5.41) is 5.65. The van der Waals surface area contributed by atoms with E-state index in [0.29, 0.717) is 22.7 Å². The summed E-state index contributed by atoms with van der Waals surface area (Å²) in [6, 6.07) is 21.8. The molecule has 0 spiro atoms. The number of carbonyl (C=O) groups excluding carboxylic acids is 2. The normalized spacial score (nSPS) is 10.9. The maximum Gasteiger partial charge on any atom is 0.255 e. The molecule has 2 amide bonds. The van der Waals surface area contributed by atoms with E-state index in [0.717, 1.165) is 5.75 Å². The van der Waals surface area contributed by atoms with Crippen molar-refractivity contribution in [3.8, 4) is 11.5 Å². The molecule has 0 heterocycles. The first-order valence-electron chi connectivity index (χ1n) is 10.8. The zero-order valence-corrected chi connectivity index (χ0v) is 19.5. The Bertz CT molecular complexity index is 1080. The van der Waals surface area contributed by atoms with Crippen molar-refractivity contribution in [2.45, 2.75) is 32.6 Å². The first kappa shape index (κ1) is 23.9. The van der Waals surface area contributed by atoms with Crippen LogP contribution in [0.4, 0.5) is 11.4 Å². The monoisotopic (exact) mass is 446 g/mol. The smallest absolute Gasteiger partial charge is 0.255 e. The van der Waals surface area contributed by atoms with Crippen molar-refractivity contribution < 1.29 is 19.1 Å². The summed E-state index contributed by atoms with van der Waals surface area (Å²) >= 11 is 0. The molecule has 0 aliphatic heterocycles. The van der Waals surface area contributed by atoms with Gasteiger partial charge in [0.2, 0.25) is 5.91 Å². The third-order valence-electron chi connectivity index (χ3n) is 5.10. The molecular formula is C27H30N2O4. The molecule has 6 heteroatoms. The molecule has 33 heavy (non-hydrogen) atoms. The molecule has 0 fully saturated rings. The SMILES string of the molecule is COc1ccccc1NC(=O)c1ccc(NC(=O)CCOc2ccc(C(C)(C)C)cc2)cc1. The van der Waals surface area contributed by atoms with Gasteiger partial charge in [-0.2, -0.15) is 0 Å². The van der Waals surface area contributed by atoms with E-state index in [-0.39, 0.29) is 30.3 Å². The van der Waals surface area contributed by atoms with Gasteiger partial charge in [-0.15, -0.1) is 0 Å². The van der Waals surface area contributed by atoms with Gasteiger partial charge in [-0.3, -0.25) is 9.59 Å². The molecule has 0 aromatic heterocycles. The number of nitrogens with one attached hydrogen (secondary N) is 2. The molecule has 6 nitrogen and oxygen atoms in total. The highest BCUT2D eigenvalue weighted by atomic mass is 16.5. The number of methoxy groups -OCH3 is 1. The molecule has 0 saturated carbocycles. The number of hydrogen-bond acceptors (Lipinski definition) is 4. The fourth-order valence-electron chi connectivity index (χ4n) is 3.18. The van der Waals surface area contributed by atoms with E-state index in [1.165, 1.54) is 5.56 Å². The molecule has 172 valence electrons. The maximum absolute atomic E-state index is 12.5. The fraction of sp³-hybridized carbons (Fsp3) is 0.259. The van der Waals surface area contributed by atoms with Crippen molar-refractivity contribution in [2.75, 3.05) is 24.4 Å². The van der Waals surface area contributed by atoms with Gasteiger partial charge in [0.05, 0.1) is 25.8 Å². The van der Waals surface area contributed by atoms with Crippen molar-refractivity contribution in [1.29, 1.82) is 0 Å². The zero-order valence-electron chi connectivity index (χ0n) is 19.5. The zero-order chi connectivity index (χ0) is 23.8. The minimum atomic E-state index is -0.261. The second-order valence-corrected chi connectivity index (χ2v) is 8.65. The van der Waals surface area contributed by atoms with Gasteiger partial charge >= 0.3 is 0 Å². The molecule has 0 saturated heterocycles. The van der Waals surface area contributed by atoms with Gasteiger partial charge in [-0.05, 0) is 59.5 Å². The molecule has 3 aromatic carbocycles. The lowest BCUT2D eigenvalue weighted by atomic mass is 9.87. The summed E-state index contributed by atoms with van der Waals surface area (Å²) in [4.78, 5) is 24.7.